The largest absolute Gasteiger partial charge is 0.378 e. The Morgan fingerprint density at radius 1 is 1.04 bits per heavy atom. The van der Waals surface area contributed by atoms with Crippen molar-refractivity contribution in [3.8, 4) is 0 Å². The Bertz CT molecular complexity index is 915. The SMILES string of the molecule is Cc1ccc(C(=O)CN2C(=O)SC(=Cc3ccc(N(C)C)cc3)C2=O)cc1. The third kappa shape index (κ3) is 4.28. The van der Waals surface area contributed by atoms with Gasteiger partial charge in [-0.1, -0.05) is 42.0 Å². The lowest BCUT2D eigenvalue weighted by Crippen LogP contribution is -2.33. The molecular formula is C21H20N2O3S. The molecule has 5 nitrogen and oxygen atoms in total. The molecule has 0 spiro atoms. The summed E-state index contributed by atoms with van der Waals surface area (Å²) in [7, 11) is 3.90. The molecule has 27 heavy (non-hydrogen) atoms. The summed E-state index contributed by atoms with van der Waals surface area (Å²) >= 11 is 0.863. The molecule has 1 heterocycles. The van der Waals surface area contributed by atoms with E-state index in [1.807, 2.05) is 62.3 Å². The molecule has 0 saturated carbocycles. The zero-order chi connectivity index (χ0) is 19.6. The van der Waals surface area contributed by atoms with Crippen molar-refractivity contribution in [2.45, 2.75) is 6.92 Å². The summed E-state index contributed by atoms with van der Waals surface area (Å²) in [6.07, 6.45) is 1.68. The number of rotatable bonds is 5. The highest BCUT2D eigenvalue weighted by molar-refractivity contribution is 8.18. The van der Waals surface area contributed by atoms with E-state index in [2.05, 4.69) is 0 Å². The van der Waals surface area contributed by atoms with E-state index in [0.717, 1.165) is 33.5 Å². The van der Waals surface area contributed by atoms with Crippen LogP contribution in [0.5, 0.6) is 0 Å². The first-order valence-electron chi connectivity index (χ1n) is 8.48. The fourth-order valence-corrected chi connectivity index (χ4v) is 3.47. The fourth-order valence-electron chi connectivity index (χ4n) is 2.63. The van der Waals surface area contributed by atoms with Crippen LogP contribution in [0.3, 0.4) is 0 Å². The van der Waals surface area contributed by atoms with Crippen molar-refractivity contribution < 1.29 is 14.4 Å². The second kappa shape index (κ2) is 7.80. The summed E-state index contributed by atoms with van der Waals surface area (Å²) in [6, 6.07) is 14.7. The Balaban J connectivity index is 1.74. The van der Waals surface area contributed by atoms with E-state index in [4.69, 9.17) is 0 Å². The molecule has 2 amide bonds. The molecule has 0 radical (unpaired) electrons. The first-order chi connectivity index (χ1) is 12.8. The van der Waals surface area contributed by atoms with Gasteiger partial charge in [0.15, 0.2) is 5.78 Å². The number of nitrogens with zero attached hydrogens (tertiary/aromatic N) is 2. The maximum Gasteiger partial charge on any atom is 0.293 e. The second-order valence-electron chi connectivity index (χ2n) is 6.54. The van der Waals surface area contributed by atoms with E-state index in [1.54, 1.807) is 18.2 Å². The van der Waals surface area contributed by atoms with Crippen LogP contribution in [-0.4, -0.2) is 42.5 Å². The maximum absolute atomic E-state index is 12.6. The molecular weight excluding hydrogens is 360 g/mol. The maximum atomic E-state index is 12.6. The molecule has 1 saturated heterocycles. The molecule has 0 bridgehead atoms. The van der Waals surface area contributed by atoms with Gasteiger partial charge in [-0.3, -0.25) is 19.3 Å². The number of ketones is 1. The van der Waals surface area contributed by atoms with Crippen molar-refractivity contribution in [2.24, 2.45) is 0 Å². The molecule has 6 heteroatoms. The number of thioether (sulfide) groups is 1. The molecule has 1 aliphatic rings. The Morgan fingerprint density at radius 3 is 2.26 bits per heavy atom. The lowest BCUT2D eigenvalue weighted by molar-refractivity contribution is -0.122. The van der Waals surface area contributed by atoms with Gasteiger partial charge in [-0.05, 0) is 42.5 Å². The average molecular weight is 380 g/mol. The molecule has 2 aromatic carbocycles. The van der Waals surface area contributed by atoms with E-state index in [-0.39, 0.29) is 12.3 Å². The smallest absolute Gasteiger partial charge is 0.293 e. The van der Waals surface area contributed by atoms with Gasteiger partial charge in [-0.15, -0.1) is 0 Å². The van der Waals surface area contributed by atoms with Gasteiger partial charge in [-0.2, -0.15) is 0 Å². The number of benzene rings is 2. The van der Waals surface area contributed by atoms with Crippen molar-refractivity contribution in [1.82, 2.24) is 4.90 Å². The number of imide groups is 1. The minimum Gasteiger partial charge on any atom is -0.378 e. The number of aryl methyl sites for hydroxylation is 1. The summed E-state index contributed by atoms with van der Waals surface area (Å²) in [5, 5.41) is -0.420. The highest BCUT2D eigenvalue weighted by atomic mass is 32.2. The topological polar surface area (TPSA) is 57.7 Å². The predicted octanol–water partition coefficient (Wildman–Crippen LogP) is 3.98. The molecule has 0 aliphatic carbocycles. The van der Waals surface area contributed by atoms with Crippen LogP contribution in [0.4, 0.5) is 10.5 Å². The Kier molecular flexibility index (Phi) is 5.46. The molecule has 3 rings (SSSR count). The van der Waals surface area contributed by atoms with Crippen LogP contribution in [-0.2, 0) is 4.79 Å². The molecule has 0 N–H and O–H groups in total. The van der Waals surface area contributed by atoms with Gasteiger partial charge in [0.25, 0.3) is 11.1 Å². The minimum absolute atomic E-state index is 0.245. The number of hydrogen-bond donors (Lipinski definition) is 0. The molecule has 0 aromatic heterocycles. The number of carbonyl (C=O) groups is 3. The Morgan fingerprint density at radius 2 is 1.67 bits per heavy atom. The summed E-state index contributed by atoms with van der Waals surface area (Å²) in [5.41, 5.74) is 3.41. The highest BCUT2D eigenvalue weighted by Gasteiger charge is 2.36. The second-order valence-corrected chi connectivity index (χ2v) is 7.54. The van der Waals surface area contributed by atoms with Gasteiger partial charge < -0.3 is 4.90 Å². The molecule has 2 aromatic rings. The lowest BCUT2D eigenvalue weighted by atomic mass is 10.1. The summed E-state index contributed by atoms with van der Waals surface area (Å²) in [5.74, 6) is -0.684. The van der Waals surface area contributed by atoms with Gasteiger partial charge in [0.1, 0.15) is 0 Å². The van der Waals surface area contributed by atoms with Crippen LogP contribution in [0.2, 0.25) is 0 Å². The van der Waals surface area contributed by atoms with Crippen LogP contribution in [0.15, 0.2) is 53.4 Å². The molecule has 1 aliphatic heterocycles. The zero-order valence-corrected chi connectivity index (χ0v) is 16.2. The number of anilines is 1. The number of Topliss-reactive ketones (excluding diaryl/α,β-unsaturated/α-hetero) is 1. The van der Waals surface area contributed by atoms with Crippen molar-refractivity contribution >= 4 is 40.5 Å². The standard InChI is InChI=1S/C21H20N2O3S/c1-14-4-8-16(9-5-14)18(24)13-23-20(25)19(27-21(23)26)12-15-6-10-17(11-7-15)22(2)3/h4-12H,13H2,1-3H3. The molecule has 138 valence electrons. The quantitative estimate of drug-likeness (QED) is 0.580. The monoisotopic (exact) mass is 380 g/mol. The van der Waals surface area contributed by atoms with Crippen molar-refractivity contribution in [3.63, 3.8) is 0 Å². The van der Waals surface area contributed by atoms with Gasteiger partial charge in [0, 0.05) is 25.3 Å². The van der Waals surface area contributed by atoms with Crippen molar-refractivity contribution in [3.05, 3.63) is 70.1 Å². The molecule has 1 fully saturated rings. The van der Waals surface area contributed by atoms with E-state index in [9.17, 15) is 14.4 Å². The number of hydrogen-bond acceptors (Lipinski definition) is 5. The third-order valence-corrected chi connectivity index (χ3v) is 5.16. The molecule has 0 unspecified atom stereocenters. The zero-order valence-electron chi connectivity index (χ0n) is 15.4. The summed E-state index contributed by atoms with van der Waals surface area (Å²) in [4.78, 5) is 40.5. The van der Waals surface area contributed by atoms with Crippen molar-refractivity contribution in [1.29, 1.82) is 0 Å². The first-order valence-corrected chi connectivity index (χ1v) is 9.29. The van der Waals surface area contributed by atoms with Gasteiger partial charge in [0.05, 0.1) is 11.4 Å². The van der Waals surface area contributed by atoms with Gasteiger partial charge >= 0.3 is 0 Å². The summed E-state index contributed by atoms with van der Waals surface area (Å²) in [6.45, 7) is 1.69. The highest BCUT2D eigenvalue weighted by Crippen LogP contribution is 2.32. The normalized spacial score (nSPS) is 15.5. The minimum atomic E-state index is -0.429. The van der Waals surface area contributed by atoms with E-state index in [0.29, 0.717) is 10.5 Å². The van der Waals surface area contributed by atoms with Crippen molar-refractivity contribution in [2.75, 3.05) is 25.5 Å². The van der Waals surface area contributed by atoms with Crippen LogP contribution in [0, 0.1) is 6.92 Å². The molecule has 0 atom stereocenters. The van der Waals surface area contributed by atoms with Crippen LogP contribution >= 0.6 is 11.8 Å². The van der Waals surface area contributed by atoms with Crippen LogP contribution in [0.25, 0.3) is 6.08 Å². The Labute approximate surface area is 162 Å². The first kappa shape index (κ1) is 18.9. The van der Waals surface area contributed by atoms with E-state index in [1.165, 1.54) is 0 Å². The third-order valence-electron chi connectivity index (χ3n) is 4.26. The average Bonchev–Trinajstić information content (AvgIpc) is 2.90. The number of amides is 2. The lowest BCUT2D eigenvalue weighted by Gasteiger charge is -2.12. The Hall–Kier alpha value is -2.86. The predicted molar refractivity (Wildman–Crippen MR) is 109 cm³/mol. The van der Waals surface area contributed by atoms with E-state index < -0.39 is 11.1 Å². The van der Waals surface area contributed by atoms with Gasteiger partial charge in [0.2, 0.25) is 0 Å². The van der Waals surface area contributed by atoms with E-state index >= 15 is 0 Å². The summed E-state index contributed by atoms with van der Waals surface area (Å²) < 4.78 is 0. The van der Waals surface area contributed by atoms with Crippen LogP contribution in [0.1, 0.15) is 21.5 Å². The van der Waals surface area contributed by atoms with Gasteiger partial charge in [-0.25, -0.2) is 0 Å². The fraction of sp³-hybridized carbons (Fsp3) is 0.190. The number of carbonyl (C=O) groups excluding carboxylic acids is 3. The van der Waals surface area contributed by atoms with Crippen LogP contribution < -0.4 is 4.90 Å².